The predicted molar refractivity (Wildman–Crippen MR) is 86.0 cm³/mol. The third-order valence-corrected chi connectivity index (χ3v) is 4.71. The van der Waals surface area contributed by atoms with Crippen molar-refractivity contribution in [3.8, 4) is 21.7 Å². The van der Waals surface area contributed by atoms with Crippen molar-refractivity contribution in [1.82, 2.24) is 4.98 Å². The van der Waals surface area contributed by atoms with Crippen LogP contribution in [0.2, 0.25) is 0 Å². The maximum absolute atomic E-state index is 9.41. The zero-order valence-corrected chi connectivity index (χ0v) is 12.2. The standard InChI is InChI=1S/C15H12N2OS2/c1-16-15-17-13(9-20-15)11-6-14(19-8-11)12-5-3-2-4-10(12)7-18/h2-6,8-9,18H,1,7H2. The van der Waals surface area contributed by atoms with E-state index in [4.69, 9.17) is 0 Å². The number of hydrogen-bond acceptors (Lipinski definition) is 5. The van der Waals surface area contributed by atoms with Gasteiger partial charge in [0.2, 0.25) is 5.13 Å². The van der Waals surface area contributed by atoms with Crippen molar-refractivity contribution < 1.29 is 5.11 Å². The van der Waals surface area contributed by atoms with Crippen molar-refractivity contribution in [2.45, 2.75) is 6.61 Å². The normalized spacial score (nSPS) is 10.7. The van der Waals surface area contributed by atoms with Gasteiger partial charge in [-0.3, -0.25) is 0 Å². The van der Waals surface area contributed by atoms with E-state index >= 15 is 0 Å². The molecule has 0 aliphatic rings. The van der Waals surface area contributed by atoms with Gasteiger partial charge in [-0.05, 0) is 23.9 Å². The Labute approximate surface area is 124 Å². The summed E-state index contributed by atoms with van der Waals surface area (Å²) in [5, 5.41) is 14.2. The van der Waals surface area contributed by atoms with Crippen LogP contribution < -0.4 is 0 Å². The molecule has 0 amide bonds. The first-order valence-electron chi connectivity index (χ1n) is 6.02. The molecule has 3 aromatic rings. The lowest BCUT2D eigenvalue weighted by Gasteiger charge is -2.03. The molecule has 5 heteroatoms. The molecule has 0 saturated heterocycles. The van der Waals surface area contributed by atoms with Crippen LogP contribution in [0.15, 0.2) is 46.1 Å². The number of aromatic nitrogens is 1. The van der Waals surface area contributed by atoms with Crippen molar-refractivity contribution in [3.05, 3.63) is 46.7 Å². The highest BCUT2D eigenvalue weighted by Crippen LogP contribution is 2.35. The molecule has 0 bridgehead atoms. The van der Waals surface area contributed by atoms with Gasteiger partial charge < -0.3 is 5.11 Å². The first-order valence-corrected chi connectivity index (χ1v) is 7.78. The van der Waals surface area contributed by atoms with E-state index in [0.29, 0.717) is 5.13 Å². The van der Waals surface area contributed by atoms with Crippen molar-refractivity contribution in [1.29, 1.82) is 0 Å². The van der Waals surface area contributed by atoms with Crippen molar-refractivity contribution in [3.63, 3.8) is 0 Å². The number of thiophene rings is 1. The fourth-order valence-corrected chi connectivity index (χ4v) is 3.58. The summed E-state index contributed by atoms with van der Waals surface area (Å²) in [7, 11) is 0. The van der Waals surface area contributed by atoms with Crippen LogP contribution in [0.3, 0.4) is 0 Å². The molecule has 2 aromatic heterocycles. The minimum atomic E-state index is 0.0463. The maximum Gasteiger partial charge on any atom is 0.209 e. The molecule has 0 saturated carbocycles. The fraction of sp³-hybridized carbons (Fsp3) is 0.0667. The molecular formula is C15H12N2OS2. The van der Waals surface area contributed by atoms with Gasteiger partial charge in [-0.1, -0.05) is 24.3 Å². The van der Waals surface area contributed by atoms with E-state index in [2.05, 4.69) is 28.1 Å². The molecule has 0 spiro atoms. The molecule has 3 rings (SSSR count). The highest BCUT2D eigenvalue weighted by molar-refractivity contribution is 7.14. The van der Waals surface area contributed by atoms with E-state index in [1.165, 1.54) is 11.3 Å². The highest BCUT2D eigenvalue weighted by atomic mass is 32.1. The molecule has 0 atom stereocenters. The summed E-state index contributed by atoms with van der Waals surface area (Å²) >= 11 is 3.13. The Hall–Kier alpha value is -1.82. The van der Waals surface area contributed by atoms with Gasteiger partial charge in [-0.2, -0.15) is 0 Å². The quantitative estimate of drug-likeness (QED) is 0.727. The van der Waals surface area contributed by atoms with Crippen molar-refractivity contribution in [2.75, 3.05) is 0 Å². The van der Waals surface area contributed by atoms with E-state index in [1.54, 1.807) is 11.3 Å². The number of aliphatic hydroxyl groups is 1. The second-order valence-corrected chi connectivity index (χ2v) is 5.94. The third-order valence-electron chi connectivity index (χ3n) is 2.98. The number of thiazole rings is 1. The molecule has 0 unspecified atom stereocenters. The van der Waals surface area contributed by atoms with Crippen LogP contribution in [-0.2, 0) is 6.61 Å². The Balaban J connectivity index is 1.99. The summed E-state index contributed by atoms with van der Waals surface area (Å²) < 4.78 is 0. The lowest BCUT2D eigenvalue weighted by Crippen LogP contribution is -1.86. The predicted octanol–water partition coefficient (Wildman–Crippen LogP) is 4.36. The summed E-state index contributed by atoms with van der Waals surface area (Å²) in [6.07, 6.45) is 0. The van der Waals surface area contributed by atoms with Crippen LogP contribution in [-0.4, -0.2) is 16.8 Å². The number of nitrogens with zero attached hydrogens (tertiary/aromatic N) is 2. The number of hydrogen-bond donors (Lipinski definition) is 1. The lowest BCUT2D eigenvalue weighted by molar-refractivity contribution is 0.282. The SMILES string of the molecule is C=Nc1nc(-c2csc(-c3ccccc3CO)c2)cs1. The van der Waals surface area contributed by atoms with Crippen LogP contribution in [0.4, 0.5) is 5.13 Å². The Morgan fingerprint density at radius 2 is 2.05 bits per heavy atom. The van der Waals surface area contributed by atoms with Crippen LogP contribution in [0, 0.1) is 0 Å². The van der Waals surface area contributed by atoms with E-state index in [1.807, 2.05) is 29.6 Å². The zero-order chi connectivity index (χ0) is 13.9. The Morgan fingerprint density at radius 1 is 1.20 bits per heavy atom. The number of benzene rings is 1. The number of aliphatic imine (C=N–C) groups is 1. The largest absolute Gasteiger partial charge is 0.392 e. The smallest absolute Gasteiger partial charge is 0.209 e. The molecule has 1 aromatic carbocycles. The van der Waals surface area contributed by atoms with Gasteiger partial charge in [0.1, 0.15) is 0 Å². The van der Waals surface area contributed by atoms with E-state index in [-0.39, 0.29) is 6.61 Å². The monoisotopic (exact) mass is 300 g/mol. The van der Waals surface area contributed by atoms with Crippen LogP contribution in [0.25, 0.3) is 21.7 Å². The molecule has 3 nitrogen and oxygen atoms in total. The fourth-order valence-electron chi connectivity index (χ4n) is 1.98. The van der Waals surface area contributed by atoms with Gasteiger partial charge >= 0.3 is 0 Å². The van der Waals surface area contributed by atoms with Crippen molar-refractivity contribution >= 4 is 34.5 Å². The second-order valence-electron chi connectivity index (χ2n) is 4.19. The Bertz CT molecular complexity index is 746. The first-order chi connectivity index (χ1) is 9.81. The summed E-state index contributed by atoms with van der Waals surface area (Å²) in [5.74, 6) is 0. The van der Waals surface area contributed by atoms with Gasteiger partial charge in [-0.25, -0.2) is 9.98 Å². The van der Waals surface area contributed by atoms with Gasteiger partial charge in [0.05, 0.1) is 12.3 Å². The molecule has 20 heavy (non-hydrogen) atoms. The molecular weight excluding hydrogens is 288 g/mol. The number of aliphatic hydroxyl groups excluding tert-OH is 1. The summed E-state index contributed by atoms with van der Waals surface area (Å²) in [5.41, 5.74) is 4.00. The first kappa shape index (κ1) is 13.2. The molecule has 0 radical (unpaired) electrons. The average molecular weight is 300 g/mol. The third kappa shape index (κ3) is 2.43. The Kier molecular flexibility index (Phi) is 3.73. The zero-order valence-electron chi connectivity index (χ0n) is 10.6. The molecule has 1 N–H and O–H groups in total. The van der Waals surface area contributed by atoms with Gasteiger partial charge in [0.25, 0.3) is 0 Å². The second kappa shape index (κ2) is 5.66. The van der Waals surface area contributed by atoms with Crippen molar-refractivity contribution in [2.24, 2.45) is 4.99 Å². The van der Waals surface area contributed by atoms with Gasteiger partial charge in [-0.15, -0.1) is 22.7 Å². The average Bonchev–Trinajstić information content (AvgIpc) is 3.15. The highest BCUT2D eigenvalue weighted by Gasteiger charge is 2.10. The molecule has 0 aliphatic heterocycles. The molecule has 0 fully saturated rings. The van der Waals surface area contributed by atoms with E-state index < -0.39 is 0 Å². The summed E-state index contributed by atoms with van der Waals surface area (Å²) in [6, 6.07) is 9.99. The minimum Gasteiger partial charge on any atom is -0.392 e. The van der Waals surface area contributed by atoms with E-state index in [9.17, 15) is 5.11 Å². The topological polar surface area (TPSA) is 45.5 Å². The number of rotatable bonds is 4. The Morgan fingerprint density at radius 3 is 2.80 bits per heavy atom. The van der Waals surface area contributed by atoms with Crippen LogP contribution >= 0.6 is 22.7 Å². The van der Waals surface area contributed by atoms with Crippen LogP contribution in [0.5, 0.6) is 0 Å². The maximum atomic E-state index is 9.41. The molecule has 100 valence electrons. The van der Waals surface area contributed by atoms with Gasteiger partial charge in [0, 0.05) is 21.2 Å². The molecule has 0 aliphatic carbocycles. The lowest BCUT2D eigenvalue weighted by atomic mass is 10.1. The van der Waals surface area contributed by atoms with E-state index in [0.717, 1.165) is 27.3 Å². The summed E-state index contributed by atoms with van der Waals surface area (Å²) in [4.78, 5) is 9.36. The minimum absolute atomic E-state index is 0.0463. The van der Waals surface area contributed by atoms with Crippen LogP contribution in [0.1, 0.15) is 5.56 Å². The summed E-state index contributed by atoms with van der Waals surface area (Å²) in [6.45, 7) is 3.53. The molecule has 2 heterocycles. The van der Waals surface area contributed by atoms with Gasteiger partial charge in [0.15, 0.2) is 0 Å².